The number of rotatable bonds is 6. The minimum absolute atomic E-state index is 0.0245. The Morgan fingerprint density at radius 3 is 2.27 bits per heavy atom. The lowest BCUT2D eigenvalue weighted by Gasteiger charge is -2.36. The molecule has 0 spiro atoms. The summed E-state index contributed by atoms with van der Waals surface area (Å²) in [6.45, 7) is -0.706. The molecule has 1 aromatic carbocycles. The zero-order valence-electron chi connectivity index (χ0n) is 21.0. The quantitative estimate of drug-likeness (QED) is 0.339. The number of hydrogen-bond acceptors (Lipinski definition) is 4. The van der Waals surface area contributed by atoms with Gasteiger partial charge in [-0.05, 0) is 73.1 Å². The summed E-state index contributed by atoms with van der Waals surface area (Å²) in [7, 11) is 0. The monoisotopic (exact) mass is 628 g/mol. The van der Waals surface area contributed by atoms with Crippen LogP contribution in [0.15, 0.2) is 23.8 Å². The smallest absolute Gasteiger partial charge is 0.360 e. The number of ether oxygens (including phenoxy) is 1. The minimum Gasteiger partial charge on any atom is -0.360 e. The van der Waals surface area contributed by atoms with Crippen LogP contribution >= 0.6 is 34.5 Å². The van der Waals surface area contributed by atoms with Gasteiger partial charge in [0.15, 0.2) is 5.60 Å². The number of carbonyl (C=O) groups is 2. The second-order valence-electron chi connectivity index (χ2n) is 9.66. The maximum atomic E-state index is 14.9. The lowest BCUT2D eigenvalue weighted by molar-refractivity contribution is -0.282. The highest BCUT2D eigenvalue weighted by molar-refractivity contribution is 7.15. The second-order valence-corrected chi connectivity index (χ2v) is 11.6. The van der Waals surface area contributed by atoms with Crippen LogP contribution in [0.3, 0.4) is 0 Å². The number of alkyl halides is 6. The summed E-state index contributed by atoms with van der Waals surface area (Å²) in [5.41, 5.74) is -0.482. The van der Waals surface area contributed by atoms with Crippen LogP contribution in [0.1, 0.15) is 57.4 Å². The largest absolute Gasteiger partial charge is 0.422 e. The first-order chi connectivity index (χ1) is 18.6. The molecule has 2 amide bonds. The maximum absolute atomic E-state index is 14.9. The molecule has 0 saturated carbocycles. The highest BCUT2D eigenvalue weighted by atomic mass is 35.5. The number of hydrogen-bond donors (Lipinski definition) is 2. The van der Waals surface area contributed by atoms with E-state index in [-0.39, 0.29) is 33.5 Å². The van der Waals surface area contributed by atoms with Crippen molar-refractivity contribution in [3.8, 4) is 0 Å². The SMILES string of the molecule is CC1=C(c2sc(C(=O)NCC(=O)NCC(F)(F)F)c3c2CCC3)CC(c2cc(Cl)cc(Cl)c2)(C(F)(F)F)OCC1. The van der Waals surface area contributed by atoms with Crippen molar-refractivity contribution in [1.29, 1.82) is 0 Å². The summed E-state index contributed by atoms with van der Waals surface area (Å²) in [4.78, 5) is 25.5. The van der Waals surface area contributed by atoms with E-state index in [1.165, 1.54) is 18.2 Å². The number of benzene rings is 1. The molecule has 0 radical (unpaired) electrons. The topological polar surface area (TPSA) is 67.4 Å². The first kappa shape index (κ1) is 30.7. The van der Waals surface area contributed by atoms with Gasteiger partial charge in [-0.25, -0.2) is 0 Å². The summed E-state index contributed by atoms with van der Waals surface area (Å²) >= 11 is 13.1. The van der Waals surface area contributed by atoms with Crippen LogP contribution in [-0.2, 0) is 28.0 Å². The van der Waals surface area contributed by atoms with Crippen LogP contribution < -0.4 is 10.6 Å². The zero-order valence-corrected chi connectivity index (χ0v) is 23.4. The Morgan fingerprint density at radius 1 is 1.00 bits per heavy atom. The Hall–Kier alpha value is -2.28. The molecule has 2 aliphatic rings. The van der Waals surface area contributed by atoms with Crippen LogP contribution in [0.5, 0.6) is 0 Å². The van der Waals surface area contributed by atoms with Gasteiger partial charge < -0.3 is 15.4 Å². The third-order valence-corrected chi connectivity index (χ3v) is 8.67. The van der Waals surface area contributed by atoms with Gasteiger partial charge in [0.25, 0.3) is 5.91 Å². The fraction of sp³-hybridized carbons (Fsp3) is 0.462. The molecule has 218 valence electrons. The second kappa shape index (κ2) is 11.5. The van der Waals surface area contributed by atoms with Gasteiger partial charge in [0, 0.05) is 21.3 Å². The lowest BCUT2D eigenvalue weighted by Crippen LogP contribution is -2.45. The average Bonchev–Trinajstić information content (AvgIpc) is 3.39. The molecular formula is C26H24Cl2F6N2O3S. The molecule has 0 bridgehead atoms. The van der Waals surface area contributed by atoms with Gasteiger partial charge in [-0.1, -0.05) is 28.8 Å². The molecule has 2 heterocycles. The fourth-order valence-electron chi connectivity index (χ4n) is 4.97. The standard InChI is InChI=1S/C26H24Cl2F6N2O3S/c1-13-5-6-39-24(26(32,33)34,14-7-15(27)9-16(28)8-14)10-19(13)21-17-3-2-4-18(17)22(40-21)23(38)35-11-20(37)36-12-25(29,30)31/h7-9H,2-6,10-12H2,1H3,(H,35,38)(H,36,37). The van der Waals surface area contributed by atoms with Crippen molar-refractivity contribution in [3.63, 3.8) is 0 Å². The Kier molecular flexibility index (Phi) is 8.85. The van der Waals surface area contributed by atoms with E-state index in [1.807, 2.05) is 0 Å². The van der Waals surface area contributed by atoms with Crippen LogP contribution in [0, 0.1) is 0 Å². The molecule has 1 atom stereocenters. The fourth-order valence-corrected chi connectivity index (χ4v) is 6.93. The molecule has 1 unspecified atom stereocenters. The number of carbonyl (C=O) groups excluding carboxylic acids is 2. The Morgan fingerprint density at radius 2 is 1.65 bits per heavy atom. The number of thiophene rings is 1. The molecule has 2 N–H and O–H groups in total. The molecule has 5 nitrogen and oxygen atoms in total. The van der Waals surface area contributed by atoms with E-state index in [4.69, 9.17) is 27.9 Å². The van der Waals surface area contributed by atoms with Gasteiger partial charge in [0.2, 0.25) is 5.91 Å². The van der Waals surface area contributed by atoms with Crippen molar-refractivity contribution in [2.45, 2.75) is 57.0 Å². The first-order valence-corrected chi connectivity index (χ1v) is 13.8. The van der Waals surface area contributed by atoms with E-state index < -0.39 is 49.3 Å². The van der Waals surface area contributed by atoms with Gasteiger partial charge in [0.05, 0.1) is 18.0 Å². The average molecular weight is 629 g/mol. The number of fused-ring (bicyclic) bond motifs is 1. The van der Waals surface area contributed by atoms with Crippen molar-refractivity contribution in [1.82, 2.24) is 10.6 Å². The van der Waals surface area contributed by atoms with E-state index in [0.29, 0.717) is 40.8 Å². The molecule has 1 aliphatic carbocycles. The molecule has 4 rings (SSSR count). The van der Waals surface area contributed by atoms with E-state index in [2.05, 4.69) is 5.32 Å². The Balaban J connectivity index is 1.69. The van der Waals surface area contributed by atoms with Gasteiger partial charge >= 0.3 is 12.4 Å². The molecule has 2 aromatic rings. The molecule has 0 fully saturated rings. The third-order valence-electron chi connectivity index (χ3n) is 6.90. The van der Waals surface area contributed by atoms with E-state index in [9.17, 15) is 35.9 Å². The highest BCUT2D eigenvalue weighted by Gasteiger charge is 2.58. The molecule has 0 saturated heterocycles. The van der Waals surface area contributed by atoms with E-state index in [1.54, 1.807) is 12.2 Å². The summed E-state index contributed by atoms with van der Waals surface area (Å²) in [5, 5.41) is 4.05. The van der Waals surface area contributed by atoms with Crippen molar-refractivity contribution >= 4 is 51.9 Å². The molecule has 1 aromatic heterocycles. The molecule has 1 aliphatic heterocycles. The first-order valence-electron chi connectivity index (χ1n) is 12.2. The zero-order chi connectivity index (χ0) is 29.5. The third kappa shape index (κ3) is 6.45. The number of halogens is 8. The highest BCUT2D eigenvalue weighted by Crippen LogP contribution is 2.53. The molecule has 14 heteroatoms. The van der Waals surface area contributed by atoms with E-state index >= 15 is 0 Å². The number of amides is 2. The van der Waals surface area contributed by atoms with Crippen LogP contribution in [0.4, 0.5) is 26.3 Å². The van der Waals surface area contributed by atoms with Gasteiger partial charge in [-0.3, -0.25) is 9.59 Å². The van der Waals surface area contributed by atoms with Crippen molar-refractivity contribution in [3.05, 3.63) is 60.3 Å². The van der Waals surface area contributed by atoms with Gasteiger partial charge in [0.1, 0.15) is 6.54 Å². The Bertz CT molecular complexity index is 1330. The summed E-state index contributed by atoms with van der Waals surface area (Å²) in [6.07, 6.45) is -8.08. The van der Waals surface area contributed by atoms with Crippen LogP contribution in [0.25, 0.3) is 5.57 Å². The summed E-state index contributed by atoms with van der Waals surface area (Å²) < 4.78 is 87.2. The number of nitrogens with one attached hydrogen (secondary N) is 2. The molecule has 40 heavy (non-hydrogen) atoms. The Labute approximate surface area is 239 Å². The van der Waals surface area contributed by atoms with Crippen molar-refractivity contribution < 1.29 is 40.7 Å². The van der Waals surface area contributed by atoms with Crippen LogP contribution in [0.2, 0.25) is 10.0 Å². The van der Waals surface area contributed by atoms with Crippen molar-refractivity contribution in [2.75, 3.05) is 19.7 Å². The molecular weight excluding hydrogens is 605 g/mol. The normalized spacial score (nSPS) is 19.8. The van der Waals surface area contributed by atoms with Crippen LogP contribution in [-0.4, -0.2) is 43.9 Å². The minimum atomic E-state index is -4.85. The predicted octanol–water partition coefficient (Wildman–Crippen LogP) is 6.99. The lowest BCUT2D eigenvalue weighted by atomic mass is 9.84. The summed E-state index contributed by atoms with van der Waals surface area (Å²) in [6, 6.07) is 3.69. The predicted molar refractivity (Wildman–Crippen MR) is 140 cm³/mol. The van der Waals surface area contributed by atoms with E-state index in [0.717, 1.165) is 16.9 Å². The maximum Gasteiger partial charge on any atom is 0.422 e. The van der Waals surface area contributed by atoms with Gasteiger partial charge in [-0.2, -0.15) is 26.3 Å². The summed E-state index contributed by atoms with van der Waals surface area (Å²) in [5.74, 6) is -1.70. The van der Waals surface area contributed by atoms with Gasteiger partial charge in [-0.15, -0.1) is 11.3 Å². The van der Waals surface area contributed by atoms with Crippen molar-refractivity contribution in [2.24, 2.45) is 0 Å².